The van der Waals surface area contributed by atoms with Gasteiger partial charge in [0.15, 0.2) is 0 Å². The molecule has 1 saturated heterocycles. The zero-order chi connectivity index (χ0) is 7.52. The van der Waals surface area contributed by atoms with Crippen LogP contribution in [0.1, 0.15) is 12.8 Å². The summed E-state index contributed by atoms with van der Waals surface area (Å²) in [5.41, 5.74) is 0. The van der Waals surface area contributed by atoms with Crippen LogP contribution in [0.2, 0.25) is 0 Å². The third kappa shape index (κ3) is 1.63. The van der Waals surface area contributed by atoms with E-state index in [1.165, 1.54) is 19.4 Å². The lowest BCUT2D eigenvalue weighted by Crippen LogP contribution is -2.26. The summed E-state index contributed by atoms with van der Waals surface area (Å²) in [5, 5.41) is 3.47. The molecule has 1 N–H and O–H groups in total. The smallest absolute Gasteiger partial charge is 0.0373 e. The van der Waals surface area contributed by atoms with E-state index in [1.54, 1.807) is 0 Å². The molecule has 1 atom stereocenters. The molecular formula is C9H14N2. The van der Waals surface area contributed by atoms with Crippen molar-refractivity contribution < 1.29 is 0 Å². The van der Waals surface area contributed by atoms with E-state index in [1.807, 2.05) is 0 Å². The normalized spacial score (nSPS) is 24.2. The van der Waals surface area contributed by atoms with E-state index < -0.39 is 0 Å². The minimum Gasteiger partial charge on any atom is -0.353 e. The maximum Gasteiger partial charge on any atom is 0.0373 e. The predicted octanol–water partition coefficient (Wildman–Crippen LogP) is 1.24. The van der Waals surface area contributed by atoms with E-state index in [0.717, 1.165) is 6.54 Å². The van der Waals surface area contributed by atoms with Crippen LogP contribution in [0.4, 0.5) is 0 Å². The maximum atomic E-state index is 3.47. The molecule has 1 aliphatic heterocycles. The molecule has 11 heavy (non-hydrogen) atoms. The summed E-state index contributed by atoms with van der Waals surface area (Å²) >= 11 is 0. The molecule has 1 aromatic heterocycles. The lowest BCUT2D eigenvalue weighted by molar-refractivity contribution is 0.511. The summed E-state index contributed by atoms with van der Waals surface area (Å²) in [6, 6.07) is 4.87. The van der Waals surface area contributed by atoms with Gasteiger partial charge in [0.2, 0.25) is 0 Å². The maximum absolute atomic E-state index is 3.47. The van der Waals surface area contributed by atoms with E-state index in [9.17, 15) is 0 Å². The standard InChI is InChI=1S/C9H14N2/c1-2-7-11(6-1)8-9-4-3-5-10-9/h1-2,6-7,9-10H,3-5,8H2/t9-/m1/s1. The molecule has 0 amide bonds. The van der Waals surface area contributed by atoms with E-state index in [-0.39, 0.29) is 0 Å². The quantitative estimate of drug-likeness (QED) is 0.671. The topological polar surface area (TPSA) is 17.0 Å². The fourth-order valence-electron chi connectivity index (χ4n) is 1.66. The summed E-state index contributed by atoms with van der Waals surface area (Å²) in [6.07, 6.45) is 6.92. The highest BCUT2D eigenvalue weighted by Crippen LogP contribution is 2.07. The first-order valence-corrected chi connectivity index (χ1v) is 4.29. The largest absolute Gasteiger partial charge is 0.353 e. The van der Waals surface area contributed by atoms with Gasteiger partial charge >= 0.3 is 0 Å². The van der Waals surface area contributed by atoms with Crippen molar-refractivity contribution in [2.45, 2.75) is 25.4 Å². The van der Waals surface area contributed by atoms with Crippen LogP contribution in [-0.2, 0) is 6.54 Å². The van der Waals surface area contributed by atoms with Crippen LogP contribution >= 0.6 is 0 Å². The number of hydrogen-bond donors (Lipinski definition) is 1. The highest BCUT2D eigenvalue weighted by molar-refractivity contribution is 4.91. The van der Waals surface area contributed by atoms with Gasteiger partial charge in [-0.25, -0.2) is 0 Å². The Labute approximate surface area is 67.2 Å². The van der Waals surface area contributed by atoms with E-state index in [0.29, 0.717) is 6.04 Å². The van der Waals surface area contributed by atoms with Gasteiger partial charge in [-0.15, -0.1) is 0 Å². The first-order chi connectivity index (χ1) is 5.45. The average Bonchev–Trinajstić information content (AvgIpc) is 2.60. The van der Waals surface area contributed by atoms with Crippen LogP contribution in [0, 0.1) is 0 Å². The second kappa shape index (κ2) is 3.09. The van der Waals surface area contributed by atoms with E-state index in [4.69, 9.17) is 0 Å². The molecule has 0 bridgehead atoms. The molecule has 2 rings (SSSR count). The second-order valence-corrected chi connectivity index (χ2v) is 3.17. The summed E-state index contributed by atoms with van der Waals surface area (Å²) < 4.78 is 2.24. The molecule has 2 nitrogen and oxygen atoms in total. The first kappa shape index (κ1) is 6.92. The predicted molar refractivity (Wildman–Crippen MR) is 45.5 cm³/mol. The highest BCUT2D eigenvalue weighted by Gasteiger charge is 2.13. The van der Waals surface area contributed by atoms with Crippen molar-refractivity contribution in [3.05, 3.63) is 24.5 Å². The molecule has 1 fully saturated rings. The molecule has 0 spiro atoms. The lowest BCUT2D eigenvalue weighted by Gasteiger charge is -2.10. The van der Waals surface area contributed by atoms with Crippen LogP contribution in [0.3, 0.4) is 0 Å². The van der Waals surface area contributed by atoms with Crippen LogP contribution in [-0.4, -0.2) is 17.2 Å². The Bertz CT molecular complexity index is 197. The minimum atomic E-state index is 0.711. The van der Waals surface area contributed by atoms with Crippen molar-refractivity contribution in [3.8, 4) is 0 Å². The zero-order valence-electron chi connectivity index (χ0n) is 6.66. The van der Waals surface area contributed by atoms with Gasteiger partial charge in [-0.3, -0.25) is 0 Å². The van der Waals surface area contributed by atoms with Gasteiger partial charge in [-0.05, 0) is 31.5 Å². The van der Waals surface area contributed by atoms with E-state index in [2.05, 4.69) is 34.4 Å². The van der Waals surface area contributed by atoms with Crippen molar-refractivity contribution in [3.63, 3.8) is 0 Å². The molecule has 0 radical (unpaired) electrons. The fraction of sp³-hybridized carbons (Fsp3) is 0.556. The first-order valence-electron chi connectivity index (χ1n) is 4.29. The monoisotopic (exact) mass is 150 g/mol. The Kier molecular flexibility index (Phi) is 1.95. The number of nitrogens with zero attached hydrogens (tertiary/aromatic N) is 1. The summed E-state index contributed by atoms with van der Waals surface area (Å²) in [6.45, 7) is 2.33. The second-order valence-electron chi connectivity index (χ2n) is 3.17. The number of hydrogen-bond acceptors (Lipinski definition) is 1. The fourth-order valence-corrected chi connectivity index (χ4v) is 1.66. The molecule has 0 aromatic carbocycles. The Morgan fingerprint density at radius 2 is 2.18 bits per heavy atom. The van der Waals surface area contributed by atoms with Crippen LogP contribution < -0.4 is 5.32 Å². The summed E-state index contributed by atoms with van der Waals surface area (Å²) in [7, 11) is 0. The van der Waals surface area contributed by atoms with Crippen LogP contribution in [0.25, 0.3) is 0 Å². The summed E-state index contributed by atoms with van der Waals surface area (Å²) in [4.78, 5) is 0. The van der Waals surface area contributed by atoms with Crippen molar-refractivity contribution in [1.82, 2.24) is 9.88 Å². The molecule has 1 aliphatic rings. The van der Waals surface area contributed by atoms with Crippen molar-refractivity contribution in [1.29, 1.82) is 0 Å². The molecule has 0 unspecified atom stereocenters. The van der Waals surface area contributed by atoms with Gasteiger partial charge in [0.1, 0.15) is 0 Å². The van der Waals surface area contributed by atoms with Crippen LogP contribution in [0.5, 0.6) is 0 Å². The molecular weight excluding hydrogens is 136 g/mol. The summed E-state index contributed by atoms with van der Waals surface area (Å²) in [5.74, 6) is 0. The van der Waals surface area contributed by atoms with E-state index >= 15 is 0 Å². The highest BCUT2D eigenvalue weighted by atomic mass is 15.0. The molecule has 1 aromatic rings. The molecule has 60 valence electrons. The van der Waals surface area contributed by atoms with Gasteiger partial charge in [0, 0.05) is 25.0 Å². The average molecular weight is 150 g/mol. The van der Waals surface area contributed by atoms with Gasteiger partial charge in [0.05, 0.1) is 0 Å². The Balaban J connectivity index is 1.90. The number of nitrogens with one attached hydrogen (secondary N) is 1. The molecule has 0 aliphatic carbocycles. The third-order valence-electron chi connectivity index (χ3n) is 2.26. The van der Waals surface area contributed by atoms with Crippen LogP contribution in [0.15, 0.2) is 24.5 Å². The van der Waals surface area contributed by atoms with Gasteiger partial charge < -0.3 is 9.88 Å². The molecule has 0 saturated carbocycles. The number of aromatic nitrogens is 1. The lowest BCUT2D eigenvalue weighted by atomic mass is 10.2. The van der Waals surface area contributed by atoms with Crippen molar-refractivity contribution in [2.24, 2.45) is 0 Å². The minimum absolute atomic E-state index is 0.711. The Hall–Kier alpha value is -0.760. The van der Waals surface area contributed by atoms with Crippen molar-refractivity contribution in [2.75, 3.05) is 6.54 Å². The molecule has 2 heteroatoms. The van der Waals surface area contributed by atoms with Crippen molar-refractivity contribution >= 4 is 0 Å². The third-order valence-corrected chi connectivity index (χ3v) is 2.26. The van der Waals surface area contributed by atoms with Gasteiger partial charge in [0.25, 0.3) is 0 Å². The van der Waals surface area contributed by atoms with Gasteiger partial charge in [-0.2, -0.15) is 0 Å². The molecule has 2 heterocycles. The van der Waals surface area contributed by atoms with Gasteiger partial charge in [-0.1, -0.05) is 0 Å². The Morgan fingerprint density at radius 1 is 1.36 bits per heavy atom. The Morgan fingerprint density at radius 3 is 2.82 bits per heavy atom. The SMILES string of the molecule is c1ccn(C[C@H]2CCCN2)c1. The zero-order valence-corrected chi connectivity index (χ0v) is 6.66. The number of rotatable bonds is 2.